The van der Waals surface area contributed by atoms with Crippen LogP contribution in [-0.4, -0.2) is 21.6 Å². The van der Waals surface area contributed by atoms with Gasteiger partial charge in [0.2, 0.25) is 0 Å². The molecule has 0 aliphatic heterocycles. The summed E-state index contributed by atoms with van der Waals surface area (Å²) in [7, 11) is 0. The molecule has 0 atom stereocenters. The standard InChI is InChI=1S/C20H16N4O4/c1-2-28-19-9-13(5-8-18(19)25)15-10-17(23-20(22)16(15)11-21)12-3-6-14(7-4-12)24(26)27/h3-10,25H,2H2,1H3,(H2,22,23). The van der Waals surface area contributed by atoms with Crippen LogP contribution in [0.1, 0.15) is 12.5 Å². The summed E-state index contributed by atoms with van der Waals surface area (Å²) in [5.41, 5.74) is 8.37. The van der Waals surface area contributed by atoms with Crippen molar-refractivity contribution >= 4 is 11.5 Å². The molecule has 0 saturated heterocycles. The van der Waals surface area contributed by atoms with Crippen molar-refractivity contribution in [3.63, 3.8) is 0 Å². The van der Waals surface area contributed by atoms with E-state index in [2.05, 4.69) is 11.1 Å². The van der Waals surface area contributed by atoms with Gasteiger partial charge in [0, 0.05) is 23.3 Å². The Morgan fingerprint density at radius 1 is 1.21 bits per heavy atom. The van der Waals surface area contributed by atoms with Gasteiger partial charge in [0.25, 0.3) is 5.69 Å². The Bertz CT molecular complexity index is 1090. The molecule has 0 fully saturated rings. The highest BCUT2D eigenvalue weighted by Gasteiger charge is 2.16. The lowest BCUT2D eigenvalue weighted by atomic mass is 9.98. The molecule has 0 bridgehead atoms. The molecule has 3 N–H and O–H groups in total. The maximum atomic E-state index is 10.8. The predicted octanol–water partition coefficient (Wildman–Crippen LogP) is 3.88. The highest BCUT2D eigenvalue weighted by Crippen LogP contribution is 2.36. The van der Waals surface area contributed by atoms with Gasteiger partial charge in [-0.25, -0.2) is 4.98 Å². The van der Waals surface area contributed by atoms with Gasteiger partial charge in [-0.2, -0.15) is 5.26 Å². The molecule has 8 nitrogen and oxygen atoms in total. The van der Waals surface area contributed by atoms with E-state index in [9.17, 15) is 20.5 Å². The number of nitrogen functional groups attached to an aromatic ring is 1. The lowest BCUT2D eigenvalue weighted by Crippen LogP contribution is -2.00. The van der Waals surface area contributed by atoms with Crippen LogP contribution in [0.5, 0.6) is 11.5 Å². The number of hydrogen-bond donors (Lipinski definition) is 2. The quantitative estimate of drug-likeness (QED) is 0.509. The Balaban J connectivity index is 2.15. The van der Waals surface area contributed by atoms with E-state index in [1.165, 1.54) is 18.2 Å². The van der Waals surface area contributed by atoms with Crippen LogP contribution in [0.15, 0.2) is 48.5 Å². The van der Waals surface area contributed by atoms with Crippen LogP contribution in [0.4, 0.5) is 11.5 Å². The van der Waals surface area contributed by atoms with Crippen molar-refractivity contribution in [2.45, 2.75) is 6.92 Å². The van der Waals surface area contributed by atoms with Crippen molar-refractivity contribution < 1.29 is 14.8 Å². The highest BCUT2D eigenvalue weighted by molar-refractivity contribution is 5.81. The highest BCUT2D eigenvalue weighted by atomic mass is 16.6. The van der Waals surface area contributed by atoms with Gasteiger partial charge < -0.3 is 15.6 Å². The smallest absolute Gasteiger partial charge is 0.269 e. The Labute approximate surface area is 160 Å². The number of anilines is 1. The predicted molar refractivity (Wildman–Crippen MR) is 104 cm³/mol. The number of nitrogens with two attached hydrogens (primary N) is 1. The number of phenolic OH excluding ortho intramolecular Hbond substituents is 1. The minimum atomic E-state index is -0.485. The van der Waals surface area contributed by atoms with Crippen LogP contribution in [-0.2, 0) is 0 Å². The van der Waals surface area contributed by atoms with Crippen LogP contribution in [0.2, 0.25) is 0 Å². The molecule has 0 amide bonds. The SMILES string of the molecule is CCOc1cc(-c2cc(-c3ccc([N+](=O)[O-])cc3)nc(N)c2C#N)ccc1O. The zero-order valence-electron chi connectivity index (χ0n) is 14.9. The number of rotatable bonds is 5. The summed E-state index contributed by atoms with van der Waals surface area (Å²) >= 11 is 0. The molecule has 1 aromatic heterocycles. The van der Waals surface area contributed by atoms with Crippen LogP contribution in [0, 0.1) is 21.4 Å². The molecule has 8 heteroatoms. The second-order valence-corrected chi connectivity index (χ2v) is 5.85. The van der Waals surface area contributed by atoms with Crippen molar-refractivity contribution in [1.82, 2.24) is 4.98 Å². The summed E-state index contributed by atoms with van der Waals surface area (Å²) in [5, 5.41) is 30.3. The number of nitro benzene ring substituents is 1. The molecule has 0 saturated carbocycles. The third-order valence-electron chi connectivity index (χ3n) is 4.10. The van der Waals surface area contributed by atoms with E-state index < -0.39 is 4.92 Å². The summed E-state index contributed by atoms with van der Waals surface area (Å²) in [6.07, 6.45) is 0. The summed E-state index contributed by atoms with van der Waals surface area (Å²) in [5.74, 6) is 0.317. The second-order valence-electron chi connectivity index (χ2n) is 5.85. The molecular weight excluding hydrogens is 360 g/mol. The molecule has 0 aliphatic rings. The Hall–Kier alpha value is -4.12. The maximum Gasteiger partial charge on any atom is 0.269 e. The molecule has 0 aliphatic carbocycles. The number of nitro groups is 1. The van der Waals surface area contributed by atoms with Gasteiger partial charge in [-0.1, -0.05) is 6.07 Å². The number of nitrogens with zero attached hydrogens (tertiary/aromatic N) is 3. The number of hydrogen-bond acceptors (Lipinski definition) is 7. The molecular formula is C20H16N4O4. The number of aromatic hydroxyl groups is 1. The lowest BCUT2D eigenvalue weighted by molar-refractivity contribution is -0.384. The molecule has 140 valence electrons. The topological polar surface area (TPSA) is 135 Å². The zero-order chi connectivity index (χ0) is 20.3. The first-order valence-corrected chi connectivity index (χ1v) is 8.36. The van der Waals surface area contributed by atoms with Gasteiger partial charge in [0.1, 0.15) is 17.5 Å². The van der Waals surface area contributed by atoms with E-state index in [1.807, 2.05) is 0 Å². The van der Waals surface area contributed by atoms with Crippen molar-refractivity contribution in [2.24, 2.45) is 0 Å². The molecule has 1 heterocycles. The normalized spacial score (nSPS) is 10.3. The Morgan fingerprint density at radius 2 is 1.89 bits per heavy atom. The van der Waals surface area contributed by atoms with Crippen molar-refractivity contribution in [1.29, 1.82) is 5.26 Å². The molecule has 0 unspecified atom stereocenters. The average molecular weight is 376 g/mol. The first-order chi connectivity index (χ1) is 13.4. The summed E-state index contributed by atoms with van der Waals surface area (Å²) < 4.78 is 5.41. The van der Waals surface area contributed by atoms with E-state index in [4.69, 9.17) is 10.5 Å². The third kappa shape index (κ3) is 3.54. The fourth-order valence-electron chi connectivity index (χ4n) is 2.76. The van der Waals surface area contributed by atoms with E-state index >= 15 is 0 Å². The monoisotopic (exact) mass is 376 g/mol. The average Bonchev–Trinajstić information content (AvgIpc) is 2.69. The summed E-state index contributed by atoms with van der Waals surface area (Å²) in [6, 6.07) is 14.4. The minimum Gasteiger partial charge on any atom is -0.504 e. The van der Waals surface area contributed by atoms with Crippen LogP contribution < -0.4 is 10.5 Å². The number of ether oxygens (including phenoxy) is 1. The first kappa shape index (κ1) is 18.7. The van der Waals surface area contributed by atoms with Gasteiger partial charge in [-0.05, 0) is 42.8 Å². The number of nitriles is 1. The van der Waals surface area contributed by atoms with E-state index in [0.29, 0.717) is 29.0 Å². The van der Waals surface area contributed by atoms with Crippen LogP contribution >= 0.6 is 0 Å². The maximum absolute atomic E-state index is 10.8. The van der Waals surface area contributed by atoms with E-state index in [-0.39, 0.29) is 28.6 Å². The van der Waals surface area contributed by atoms with Crippen molar-refractivity contribution in [2.75, 3.05) is 12.3 Å². The summed E-state index contributed by atoms with van der Waals surface area (Å²) in [4.78, 5) is 14.6. The lowest BCUT2D eigenvalue weighted by Gasteiger charge is -2.12. The second kappa shape index (κ2) is 7.63. The minimum absolute atomic E-state index is 0.0123. The van der Waals surface area contributed by atoms with Crippen LogP contribution in [0.25, 0.3) is 22.4 Å². The number of aromatic nitrogens is 1. The molecule has 0 radical (unpaired) electrons. The van der Waals surface area contributed by atoms with Gasteiger partial charge in [0.05, 0.1) is 17.2 Å². The fourth-order valence-corrected chi connectivity index (χ4v) is 2.76. The number of benzene rings is 2. The molecule has 0 spiro atoms. The van der Waals surface area contributed by atoms with E-state index in [0.717, 1.165) is 0 Å². The molecule has 3 rings (SSSR count). The Kier molecular flexibility index (Phi) is 5.09. The third-order valence-corrected chi connectivity index (χ3v) is 4.10. The van der Waals surface area contributed by atoms with Gasteiger partial charge in [0.15, 0.2) is 11.5 Å². The van der Waals surface area contributed by atoms with Gasteiger partial charge >= 0.3 is 0 Å². The summed E-state index contributed by atoms with van der Waals surface area (Å²) in [6.45, 7) is 2.17. The zero-order valence-corrected chi connectivity index (χ0v) is 14.9. The van der Waals surface area contributed by atoms with Crippen LogP contribution in [0.3, 0.4) is 0 Å². The van der Waals surface area contributed by atoms with Crippen molar-refractivity contribution in [3.05, 3.63) is 64.2 Å². The number of pyridine rings is 1. The number of non-ortho nitro benzene ring substituents is 1. The number of phenols is 1. The molecule has 28 heavy (non-hydrogen) atoms. The molecule has 2 aromatic carbocycles. The van der Waals surface area contributed by atoms with Gasteiger partial charge in [-0.3, -0.25) is 10.1 Å². The van der Waals surface area contributed by atoms with Gasteiger partial charge in [-0.15, -0.1) is 0 Å². The first-order valence-electron chi connectivity index (χ1n) is 8.36. The fraction of sp³-hybridized carbons (Fsp3) is 0.100. The molecule has 3 aromatic rings. The van der Waals surface area contributed by atoms with E-state index in [1.54, 1.807) is 37.3 Å². The van der Waals surface area contributed by atoms with Crippen molar-refractivity contribution in [3.8, 4) is 40.0 Å². The Morgan fingerprint density at radius 3 is 2.50 bits per heavy atom. The largest absolute Gasteiger partial charge is 0.504 e.